The Morgan fingerprint density at radius 2 is 2.42 bits per heavy atom. The van der Waals surface area contributed by atoms with E-state index in [4.69, 9.17) is 0 Å². The van der Waals surface area contributed by atoms with Gasteiger partial charge in [0.1, 0.15) is 10.5 Å². The number of hydrogen-bond acceptors (Lipinski definition) is 4. The maximum Gasteiger partial charge on any atom is 0.268 e. The summed E-state index contributed by atoms with van der Waals surface area (Å²) in [5, 5.41) is 5.34. The second-order valence-corrected chi connectivity index (χ2v) is 6.36. The predicted octanol–water partition coefficient (Wildman–Crippen LogP) is 2.51. The highest BCUT2D eigenvalue weighted by molar-refractivity contribution is 7.17. The molecule has 2 N–H and O–H groups in total. The molecule has 2 unspecified atom stereocenters. The number of nitrogens with zero attached hydrogens (tertiary/aromatic N) is 1. The molecule has 2 atom stereocenters. The van der Waals surface area contributed by atoms with Crippen LogP contribution in [0.15, 0.2) is 16.2 Å². The van der Waals surface area contributed by atoms with Crippen molar-refractivity contribution in [3.63, 3.8) is 0 Å². The summed E-state index contributed by atoms with van der Waals surface area (Å²) in [5.41, 5.74) is 0.783. The minimum Gasteiger partial charge on any atom is -0.310 e. The van der Waals surface area contributed by atoms with E-state index < -0.39 is 0 Å². The fourth-order valence-electron chi connectivity index (χ4n) is 2.91. The van der Waals surface area contributed by atoms with Gasteiger partial charge in [-0.15, -0.1) is 11.3 Å². The van der Waals surface area contributed by atoms with Gasteiger partial charge in [0.05, 0.1) is 12.1 Å². The van der Waals surface area contributed by atoms with Crippen LogP contribution in [0.25, 0.3) is 10.2 Å². The van der Waals surface area contributed by atoms with Crippen LogP contribution >= 0.6 is 11.3 Å². The van der Waals surface area contributed by atoms with E-state index in [0.29, 0.717) is 11.2 Å². The van der Waals surface area contributed by atoms with Crippen molar-refractivity contribution >= 4 is 21.6 Å². The van der Waals surface area contributed by atoms with Gasteiger partial charge in [-0.05, 0) is 36.2 Å². The Morgan fingerprint density at radius 1 is 1.53 bits per heavy atom. The maximum absolute atomic E-state index is 11.8. The second kappa shape index (κ2) is 5.43. The van der Waals surface area contributed by atoms with E-state index in [9.17, 15) is 4.79 Å². The molecule has 5 heteroatoms. The predicted molar refractivity (Wildman–Crippen MR) is 78.5 cm³/mol. The van der Waals surface area contributed by atoms with Crippen LogP contribution < -0.4 is 10.9 Å². The number of H-pyrrole nitrogens is 1. The summed E-state index contributed by atoms with van der Waals surface area (Å²) in [6.45, 7) is 3.99. The molecule has 0 saturated heterocycles. The molecule has 1 aliphatic carbocycles. The lowest BCUT2D eigenvalue weighted by molar-refractivity contribution is 0.390. The van der Waals surface area contributed by atoms with Crippen molar-refractivity contribution in [3.8, 4) is 0 Å². The van der Waals surface area contributed by atoms with Gasteiger partial charge in [-0.3, -0.25) is 4.79 Å². The number of aromatic amines is 1. The van der Waals surface area contributed by atoms with E-state index in [1.165, 1.54) is 30.6 Å². The first-order chi connectivity index (χ1) is 9.24. The van der Waals surface area contributed by atoms with Crippen LogP contribution in [0, 0.1) is 11.8 Å². The molecular formula is C14H19N3OS. The molecule has 0 spiro atoms. The molecule has 2 heterocycles. The topological polar surface area (TPSA) is 57.8 Å². The van der Waals surface area contributed by atoms with Gasteiger partial charge < -0.3 is 10.3 Å². The van der Waals surface area contributed by atoms with Crippen LogP contribution in [0.1, 0.15) is 32.0 Å². The van der Waals surface area contributed by atoms with Crippen molar-refractivity contribution in [1.29, 1.82) is 0 Å². The zero-order valence-corrected chi connectivity index (χ0v) is 11.9. The highest BCUT2D eigenvalue weighted by atomic mass is 32.1. The van der Waals surface area contributed by atoms with Crippen LogP contribution in [0.2, 0.25) is 0 Å². The lowest BCUT2D eigenvalue weighted by Gasteiger charge is -2.15. The smallest absolute Gasteiger partial charge is 0.268 e. The lowest BCUT2D eigenvalue weighted by atomic mass is 9.98. The molecule has 0 aliphatic heterocycles. The zero-order chi connectivity index (χ0) is 13.2. The van der Waals surface area contributed by atoms with E-state index in [1.807, 2.05) is 11.4 Å². The van der Waals surface area contributed by atoms with Gasteiger partial charge in [0, 0.05) is 0 Å². The molecule has 0 bridgehead atoms. The largest absolute Gasteiger partial charge is 0.310 e. The highest BCUT2D eigenvalue weighted by Crippen LogP contribution is 2.30. The van der Waals surface area contributed by atoms with Crippen LogP contribution in [-0.4, -0.2) is 16.5 Å². The average Bonchev–Trinajstić information content (AvgIpc) is 2.99. The standard InChI is InChI=1S/C14H19N3OS/c1-9-3-2-4-10(9)7-15-8-12-16-11-5-6-19-13(11)14(18)17-12/h5-6,9-10,15H,2-4,7-8H2,1H3,(H,16,17,18). The van der Waals surface area contributed by atoms with E-state index in [-0.39, 0.29) is 5.56 Å². The molecule has 0 amide bonds. The fourth-order valence-corrected chi connectivity index (χ4v) is 3.63. The summed E-state index contributed by atoms with van der Waals surface area (Å²) in [7, 11) is 0. The van der Waals surface area contributed by atoms with Crippen LogP contribution in [0.5, 0.6) is 0 Å². The lowest BCUT2D eigenvalue weighted by Crippen LogP contribution is -2.26. The van der Waals surface area contributed by atoms with Gasteiger partial charge >= 0.3 is 0 Å². The van der Waals surface area contributed by atoms with Gasteiger partial charge in [-0.25, -0.2) is 4.98 Å². The van der Waals surface area contributed by atoms with E-state index in [2.05, 4.69) is 22.2 Å². The molecule has 2 aromatic rings. The zero-order valence-electron chi connectivity index (χ0n) is 11.1. The van der Waals surface area contributed by atoms with Gasteiger partial charge in [-0.1, -0.05) is 19.8 Å². The average molecular weight is 277 g/mol. The number of rotatable bonds is 4. The maximum atomic E-state index is 11.8. The summed E-state index contributed by atoms with van der Waals surface area (Å²) in [4.78, 5) is 19.1. The number of hydrogen-bond donors (Lipinski definition) is 2. The van der Waals surface area contributed by atoms with E-state index >= 15 is 0 Å². The van der Waals surface area contributed by atoms with Crippen LogP contribution in [-0.2, 0) is 6.54 Å². The first-order valence-electron chi connectivity index (χ1n) is 6.91. The van der Waals surface area contributed by atoms with Gasteiger partial charge in [0.2, 0.25) is 0 Å². The Morgan fingerprint density at radius 3 is 3.21 bits per heavy atom. The first-order valence-corrected chi connectivity index (χ1v) is 7.79. The Labute approximate surface area is 116 Å². The third-order valence-corrected chi connectivity index (χ3v) is 5.00. The number of fused-ring (bicyclic) bond motifs is 1. The highest BCUT2D eigenvalue weighted by Gasteiger charge is 2.22. The minimum atomic E-state index is -0.0222. The van der Waals surface area contributed by atoms with Gasteiger partial charge in [0.15, 0.2) is 0 Å². The Balaban J connectivity index is 1.63. The third kappa shape index (κ3) is 2.72. The van der Waals surface area contributed by atoms with Gasteiger partial charge in [0.25, 0.3) is 5.56 Å². The fraction of sp³-hybridized carbons (Fsp3) is 0.571. The Hall–Kier alpha value is -1.20. The molecule has 102 valence electrons. The van der Waals surface area contributed by atoms with Crippen LogP contribution in [0.3, 0.4) is 0 Å². The minimum absolute atomic E-state index is 0.0222. The summed E-state index contributed by atoms with van der Waals surface area (Å²) in [6, 6.07) is 1.90. The molecule has 1 fully saturated rings. The van der Waals surface area contributed by atoms with Crippen molar-refractivity contribution in [2.75, 3.05) is 6.54 Å². The summed E-state index contributed by atoms with van der Waals surface area (Å²) in [5.74, 6) is 2.33. The normalized spacial score (nSPS) is 23.2. The number of aromatic nitrogens is 2. The van der Waals surface area contributed by atoms with Crippen molar-refractivity contribution < 1.29 is 0 Å². The molecule has 2 aromatic heterocycles. The number of nitrogens with one attached hydrogen (secondary N) is 2. The first kappa shape index (κ1) is 12.8. The molecule has 1 saturated carbocycles. The SMILES string of the molecule is CC1CCCC1CNCc1nc2ccsc2c(=O)[nH]1. The Kier molecular flexibility index (Phi) is 3.66. The van der Waals surface area contributed by atoms with E-state index in [1.54, 1.807) is 0 Å². The van der Waals surface area contributed by atoms with Crippen molar-refractivity contribution in [2.45, 2.75) is 32.7 Å². The summed E-state index contributed by atoms with van der Waals surface area (Å²) >= 11 is 1.44. The van der Waals surface area contributed by atoms with Crippen molar-refractivity contribution in [3.05, 3.63) is 27.6 Å². The second-order valence-electron chi connectivity index (χ2n) is 5.45. The molecule has 4 nitrogen and oxygen atoms in total. The quantitative estimate of drug-likeness (QED) is 0.903. The molecule has 1 aliphatic rings. The van der Waals surface area contributed by atoms with Crippen molar-refractivity contribution in [1.82, 2.24) is 15.3 Å². The Bertz CT molecular complexity index is 618. The van der Waals surface area contributed by atoms with Crippen LogP contribution in [0.4, 0.5) is 0 Å². The number of thiophene rings is 1. The van der Waals surface area contributed by atoms with E-state index in [0.717, 1.165) is 29.7 Å². The molecule has 3 rings (SSSR count). The van der Waals surface area contributed by atoms with Crippen molar-refractivity contribution in [2.24, 2.45) is 11.8 Å². The molecule has 0 radical (unpaired) electrons. The molecular weight excluding hydrogens is 258 g/mol. The molecule has 19 heavy (non-hydrogen) atoms. The molecule has 0 aromatic carbocycles. The summed E-state index contributed by atoms with van der Waals surface area (Å²) in [6.07, 6.45) is 4.02. The third-order valence-electron chi connectivity index (χ3n) is 4.10. The monoisotopic (exact) mass is 277 g/mol. The summed E-state index contributed by atoms with van der Waals surface area (Å²) < 4.78 is 0.716. The van der Waals surface area contributed by atoms with Gasteiger partial charge in [-0.2, -0.15) is 0 Å².